The minimum Gasteiger partial charge on any atom is -0.393 e. The number of rotatable bonds is 0. The number of aliphatic hydroxyl groups is 1. The fraction of sp³-hybridized carbons (Fsp3) is 1.00. The Labute approximate surface area is 68.0 Å². The van der Waals surface area contributed by atoms with Gasteiger partial charge in [0.1, 0.15) is 0 Å². The van der Waals surface area contributed by atoms with Gasteiger partial charge in [0, 0.05) is 0 Å². The first-order valence-corrected chi connectivity index (χ1v) is 4.76. The number of aliphatic hydroxyl groups excluding tert-OH is 1. The average Bonchev–Trinajstić information content (AvgIpc) is 2.06. The van der Waals surface area contributed by atoms with E-state index in [2.05, 4.69) is 5.32 Å². The summed E-state index contributed by atoms with van der Waals surface area (Å²) in [6.45, 7) is 2.25. The fourth-order valence-electron chi connectivity index (χ4n) is 2.57. The van der Waals surface area contributed by atoms with Gasteiger partial charge in [-0.25, -0.2) is 0 Å². The van der Waals surface area contributed by atoms with E-state index in [9.17, 15) is 5.11 Å². The highest BCUT2D eigenvalue weighted by molar-refractivity contribution is 4.86. The van der Waals surface area contributed by atoms with Crippen molar-refractivity contribution in [2.75, 3.05) is 13.1 Å². The van der Waals surface area contributed by atoms with E-state index in [0.29, 0.717) is 5.92 Å². The van der Waals surface area contributed by atoms with Crippen molar-refractivity contribution in [3.05, 3.63) is 0 Å². The molecule has 0 amide bonds. The quantitative estimate of drug-likeness (QED) is 0.541. The summed E-state index contributed by atoms with van der Waals surface area (Å²) in [6.07, 6.45) is 4.79. The minimum absolute atomic E-state index is 0.0100. The van der Waals surface area contributed by atoms with Crippen LogP contribution in [0.4, 0.5) is 0 Å². The summed E-state index contributed by atoms with van der Waals surface area (Å²) in [6, 6.07) is 0. The van der Waals surface area contributed by atoms with Gasteiger partial charge in [-0.2, -0.15) is 0 Å². The summed E-state index contributed by atoms with van der Waals surface area (Å²) in [5.41, 5.74) is 0. The Morgan fingerprint density at radius 3 is 2.91 bits per heavy atom. The van der Waals surface area contributed by atoms with E-state index in [4.69, 9.17) is 0 Å². The lowest BCUT2D eigenvalue weighted by molar-refractivity contribution is 0.0167. The van der Waals surface area contributed by atoms with Gasteiger partial charge in [0.25, 0.3) is 0 Å². The molecule has 2 rings (SSSR count). The third kappa shape index (κ3) is 1.42. The molecule has 0 radical (unpaired) electrons. The van der Waals surface area contributed by atoms with Crippen molar-refractivity contribution in [2.24, 2.45) is 11.8 Å². The van der Waals surface area contributed by atoms with Crippen LogP contribution in [0.5, 0.6) is 0 Å². The first-order chi connectivity index (χ1) is 5.38. The van der Waals surface area contributed by atoms with Crippen molar-refractivity contribution in [3.8, 4) is 0 Å². The van der Waals surface area contributed by atoms with Gasteiger partial charge >= 0.3 is 0 Å². The molecular weight excluding hydrogens is 138 g/mol. The molecule has 0 aromatic heterocycles. The van der Waals surface area contributed by atoms with Crippen LogP contribution >= 0.6 is 0 Å². The maximum absolute atomic E-state index is 9.68. The van der Waals surface area contributed by atoms with Crippen molar-refractivity contribution in [3.63, 3.8) is 0 Å². The van der Waals surface area contributed by atoms with Gasteiger partial charge in [0.05, 0.1) is 6.10 Å². The second-order valence-electron chi connectivity index (χ2n) is 3.91. The summed E-state index contributed by atoms with van der Waals surface area (Å²) in [5.74, 6) is 1.39. The molecule has 3 atom stereocenters. The molecule has 1 saturated carbocycles. The van der Waals surface area contributed by atoms with Crippen molar-refractivity contribution in [1.82, 2.24) is 5.32 Å². The molecule has 2 nitrogen and oxygen atoms in total. The molecule has 2 N–H and O–H groups in total. The van der Waals surface area contributed by atoms with E-state index in [0.717, 1.165) is 25.4 Å². The lowest BCUT2D eigenvalue weighted by atomic mass is 9.74. The van der Waals surface area contributed by atoms with Crippen LogP contribution < -0.4 is 5.32 Å². The Balaban J connectivity index is 1.99. The van der Waals surface area contributed by atoms with Gasteiger partial charge in [0.15, 0.2) is 0 Å². The molecule has 1 aliphatic carbocycles. The zero-order chi connectivity index (χ0) is 7.68. The standard InChI is InChI=1S/C9H17NO/c11-9-3-1-2-7-6-10-5-4-8(7)9/h7-11H,1-6H2/t7-,8-,9-/m1/s1. The maximum Gasteiger partial charge on any atom is 0.0572 e. The van der Waals surface area contributed by atoms with Crippen LogP contribution in [0.15, 0.2) is 0 Å². The Morgan fingerprint density at radius 2 is 2.09 bits per heavy atom. The third-order valence-electron chi connectivity index (χ3n) is 3.24. The van der Waals surface area contributed by atoms with Crippen LogP contribution in [0.2, 0.25) is 0 Å². The van der Waals surface area contributed by atoms with E-state index in [-0.39, 0.29) is 6.10 Å². The van der Waals surface area contributed by atoms with Crippen LogP contribution in [-0.4, -0.2) is 24.3 Å². The summed E-state index contributed by atoms with van der Waals surface area (Å²) in [7, 11) is 0. The molecule has 0 bridgehead atoms. The Hall–Kier alpha value is -0.0800. The van der Waals surface area contributed by atoms with Gasteiger partial charge < -0.3 is 10.4 Å². The number of piperidine rings is 1. The molecule has 0 aromatic carbocycles. The van der Waals surface area contributed by atoms with Crippen molar-refractivity contribution in [1.29, 1.82) is 0 Å². The van der Waals surface area contributed by atoms with E-state index in [1.165, 1.54) is 19.3 Å². The summed E-state index contributed by atoms with van der Waals surface area (Å²) in [5, 5.41) is 13.1. The average molecular weight is 155 g/mol. The largest absolute Gasteiger partial charge is 0.393 e. The van der Waals surface area contributed by atoms with E-state index in [1.54, 1.807) is 0 Å². The van der Waals surface area contributed by atoms with Gasteiger partial charge in [-0.05, 0) is 44.2 Å². The van der Waals surface area contributed by atoms with Gasteiger partial charge in [-0.3, -0.25) is 0 Å². The molecule has 0 unspecified atom stereocenters. The Kier molecular flexibility index (Phi) is 2.14. The maximum atomic E-state index is 9.68. The number of hydrogen-bond acceptors (Lipinski definition) is 2. The van der Waals surface area contributed by atoms with E-state index >= 15 is 0 Å². The van der Waals surface area contributed by atoms with Crippen molar-refractivity contribution < 1.29 is 5.11 Å². The number of hydrogen-bond donors (Lipinski definition) is 2. The highest BCUT2D eigenvalue weighted by Crippen LogP contribution is 2.33. The number of nitrogens with one attached hydrogen (secondary N) is 1. The monoisotopic (exact) mass is 155 g/mol. The molecule has 2 fully saturated rings. The predicted molar refractivity (Wildman–Crippen MR) is 44.3 cm³/mol. The fourth-order valence-corrected chi connectivity index (χ4v) is 2.57. The lowest BCUT2D eigenvalue weighted by Crippen LogP contribution is -2.44. The van der Waals surface area contributed by atoms with Crippen LogP contribution in [0, 0.1) is 11.8 Å². The Bertz CT molecular complexity index is 136. The highest BCUT2D eigenvalue weighted by atomic mass is 16.3. The molecule has 0 spiro atoms. The van der Waals surface area contributed by atoms with Crippen molar-refractivity contribution in [2.45, 2.75) is 31.8 Å². The molecule has 11 heavy (non-hydrogen) atoms. The molecule has 2 aliphatic rings. The summed E-state index contributed by atoms with van der Waals surface area (Å²) < 4.78 is 0. The van der Waals surface area contributed by atoms with Crippen LogP contribution in [-0.2, 0) is 0 Å². The highest BCUT2D eigenvalue weighted by Gasteiger charge is 2.33. The molecule has 1 heterocycles. The zero-order valence-corrected chi connectivity index (χ0v) is 6.92. The molecule has 1 saturated heterocycles. The van der Waals surface area contributed by atoms with Gasteiger partial charge in [-0.1, -0.05) is 6.42 Å². The summed E-state index contributed by atoms with van der Waals surface area (Å²) in [4.78, 5) is 0. The second kappa shape index (κ2) is 3.11. The third-order valence-corrected chi connectivity index (χ3v) is 3.24. The first-order valence-electron chi connectivity index (χ1n) is 4.76. The van der Waals surface area contributed by atoms with Crippen LogP contribution in [0.25, 0.3) is 0 Å². The first kappa shape index (κ1) is 7.56. The summed E-state index contributed by atoms with van der Waals surface area (Å²) >= 11 is 0. The Morgan fingerprint density at radius 1 is 1.18 bits per heavy atom. The minimum atomic E-state index is 0.0100. The predicted octanol–water partition coefficient (Wildman–Crippen LogP) is 0.757. The van der Waals surface area contributed by atoms with Crippen molar-refractivity contribution >= 4 is 0 Å². The molecule has 1 aliphatic heterocycles. The van der Waals surface area contributed by atoms with Crippen LogP contribution in [0.3, 0.4) is 0 Å². The molecule has 64 valence electrons. The topological polar surface area (TPSA) is 32.3 Å². The van der Waals surface area contributed by atoms with Gasteiger partial charge in [0.2, 0.25) is 0 Å². The smallest absolute Gasteiger partial charge is 0.0572 e. The SMILES string of the molecule is O[C@@H]1CCC[C@@H]2CNCC[C@H]21. The van der Waals surface area contributed by atoms with E-state index in [1.807, 2.05) is 0 Å². The number of fused-ring (bicyclic) bond motifs is 1. The second-order valence-corrected chi connectivity index (χ2v) is 3.91. The lowest BCUT2D eigenvalue weighted by Gasteiger charge is -2.39. The van der Waals surface area contributed by atoms with Gasteiger partial charge in [-0.15, -0.1) is 0 Å². The molecule has 2 heteroatoms. The zero-order valence-electron chi connectivity index (χ0n) is 6.92. The molecule has 0 aromatic rings. The normalized spacial score (nSPS) is 45.0. The molecular formula is C9H17NO. The van der Waals surface area contributed by atoms with Crippen LogP contribution in [0.1, 0.15) is 25.7 Å². The van der Waals surface area contributed by atoms with E-state index < -0.39 is 0 Å².